The number of hydrogen-bond acceptors (Lipinski definition) is 4. The van der Waals surface area contributed by atoms with Gasteiger partial charge in [-0.3, -0.25) is 0 Å². The molecule has 0 saturated carbocycles. The third kappa shape index (κ3) is 10.7. The summed E-state index contributed by atoms with van der Waals surface area (Å²) in [5.41, 5.74) is 4.23. The summed E-state index contributed by atoms with van der Waals surface area (Å²) in [4.78, 5) is 22.5. The summed E-state index contributed by atoms with van der Waals surface area (Å²) < 4.78 is 0. The van der Waals surface area contributed by atoms with Crippen molar-refractivity contribution in [2.24, 2.45) is 0 Å². The van der Waals surface area contributed by atoms with Crippen molar-refractivity contribution in [2.45, 2.75) is 72.6 Å². The molecule has 0 aromatic heterocycles. The Bertz CT molecular complexity index is 959. The van der Waals surface area contributed by atoms with Crippen LogP contribution in [0.4, 0.5) is 0 Å². The second kappa shape index (κ2) is 14.0. The molecular weight excluding hydrogens is 420 g/mol. The number of carboxylic acids is 2. The standard InChI is InChI=1S/C27H36O6/c1-18(2)8-5-12-21(26(30)31)13-7-11-19(3)9-6-10-20(4)14-15-22-16-23(27(32)33)17-24(28)25(22)29/h8-9,13-14,16-17,28-29H,5-7,10-12,15H2,1-4H3,(H,30,31)(H,32,33)/b19-9+,20-14+,21-13+. The number of benzene rings is 1. The van der Waals surface area contributed by atoms with Crippen LogP contribution in [0.5, 0.6) is 11.5 Å². The molecule has 0 aliphatic carbocycles. The zero-order valence-corrected chi connectivity index (χ0v) is 20.0. The van der Waals surface area contributed by atoms with Crippen molar-refractivity contribution < 1.29 is 30.0 Å². The highest BCUT2D eigenvalue weighted by Crippen LogP contribution is 2.31. The lowest BCUT2D eigenvalue weighted by atomic mass is 10.0. The van der Waals surface area contributed by atoms with Gasteiger partial charge in [-0.1, -0.05) is 41.0 Å². The summed E-state index contributed by atoms with van der Waals surface area (Å²) in [5, 5.41) is 38.1. The van der Waals surface area contributed by atoms with E-state index in [1.165, 1.54) is 17.2 Å². The van der Waals surface area contributed by atoms with E-state index in [2.05, 4.69) is 6.08 Å². The Morgan fingerprint density at radius 3 is 1.94 bits per heavy atom. The molecule has 0 amide bonds. The van der Waals surface area contributed by atoms with Crippen molar-refractivity contribution in [3.05, 3.63) is 69.9 Å². The van der Waals surface area contributed by atoms with Crippen molar-refractivity contribution in [1.82, 2.24) is 0 Å². The van der Waals surface area contributed by atoms with Crippen molar-refractivity contribution in [3.63, 3.8) is 0 Å². The van der Waals surface area contributed by atoms with Crippen LogP contribution >= 0.6 is 0 Å². The number of rotatable bonds is 13. The SMILES string of the molecule is CC(C)=CCC/C(=C\CC/C(C)=C/CC/C(C)=C/Cc1cc(C(=O)O)cc(O)c1O)C(=O)O. The highest BCUT2D eigenvalue weighted by atomic mass is 16.4. The average molecular weight is 457 g/mol. The second-order valence-corrected chi connectivity index (χ2v) is 8.55. The van der Waals surface area contributed by atoms with Crippen molar-refractivity contribution >= 4 is 11.9 Å². The lowest BCUT2D eigenvalue weighted by Gasteiger charge is -2.07. The first kappa shape index (κ1) is 27.8. The summed E-state index contributed by atoms with van der Waals surface area (Å²) >= 11 is 0. The molecule has 0 aliphatic heterocycles. The first-order valence-electron chi connectivity index (χ1n) is 11.2. The van der Waals surface area contributed by atoms with E-state index in [0.717, 1.165) is 37.3 Å². The monoisotopic (exact) mass is 456 g/mol. The van der Waals surface area contributed by atoms with E-state index in [-0.39, 0.29) is 11.3 Å². The number of hydrogen-bond donors (Lipinski definition) is 4. The largest absolute Gasteiger partial charge is 0.504 e. The average Bonchev–Trinajstić information content (AvgIpc) is 2.73. The fraction of sp³-hybridized carbons (Fsp3) is 0.407. The van der Waals surface area contributed by atoms with Gasteiger partial charge in [0.2, 0.25) is 0 Å². The van der Waals surface area contributed by atoms with Crippen molar-refractivity contribution in [2.75, 3.05) is 0 Å². The quantitative estimate of drug-likeness (QED) is 0.152. The fourth-order valence-corrected chi connectivity index (χ4v) is 3.28. The number of carboxylic acid groups (broad SMARTS) is 2. The highest BCUT2D eigenvalue weighted by Gasteiger charge is 2.12. The molecule has 1 aromatic carbocycles. The van der Waals surface area contributed by atoms with Crippen molar-refractivity contribution in [3.8, 4) is 11.5 Å². The van der Waals surface area contributed by atoms with Gasteiger partial charge in [0.15, 0.2) is 11.5 Å². The minimum absolute atomic E-state index is 0.0676. The normalized spacial score (nSPS) is 12.5. The molecule has 0 aliphatic rings. The van der Waals surface area contributed by atoms with Crippen LogP contribution in [0.1, 0.15) is 82.1 Å². The number of allylic oxidation sites excluding steroid dienone is 7. The van der Waals surface area contributed by atoms with Crippen LogP contribution in [-0.2, 0) is 11.2 Å². The van der Waals surface area contributed by atoms with Gasteiger partial charge in [0.25, 0.3) is 0 Å². The minimum Gasteiger partial charge on any atom is -0.504 e. The smallest absolute Gasteiger partial charge is 0.335 e. The van der Waals surface area contributed by atoms with Gasteiger partial charge in [-0.25, -0.2) is 9.59 Å². The maximum absolute atomic E-state index is 11.4. The third-order valence-corrected chi connectivity index (χ3v) is 5.29. The molecular formula is C27H36O6. The molecule has 1 aromatic rings. The summed E-state index contributed by atoms with van der Waals surface area (Å²) in [5.74, 6) is -2.75. The van der Waals surface area contributed by atoms with Gasteiger partial charge in [0.1, 0.15) is 0 Å². The van der Waals surface area contributed by atoms with E-state index in [4.69, 9.17) is 5.11 Å². The summed E-state index contributed by atoms with van der Waals surface area (Å²) in [6.07, 6.45) is 12.6. The highest BCUT2D eigenvalue weighted by molar-refractivity contribution is 5.89. The Labute approximate surface area is 196 Å². The van der Waals surface area contributed by atoms with E-state index < -0.39 is 17.7 Å². The molecule has 0 saturated heterocycles. The van der Waals surface area contributed by atoms with Gasteiger partial charge < -0.3 is 20.4 Å². The number of aliphatic carboxylic acids is 1. The minimum atomic E-state index is -1.16. The lowest BCUT2D eigenvalue weighted by Crippen LogP contribution is -2.00. The first-order chi connectivity index (χ1) is 15.5. The fourth-order valence-electron chi connectivity index (χ4n) is 3.28. The number of aromatic hydroxyl groups is 2. The number of phenolic OH excluding ortho intramolecular Hbond substituents is 2. The van der Waals surface area contributed by atoms with E-state index >= 15 is 0 Å². The Balaban J connectivity index is 2.58. The van der Waals surface area contributed by atoms with Crippen LogP contribution in [0.25, 0.3) is 0 Å². The first-order valence-corrected chi connectivity index (χ1v) is 11.2. The lowest BCUT2D eigenvalue weighted by molar-refractivity contribution is -0.132. The van der Waals surface area contributed by atoms with Crippen LogP contribution < -0.4 is 0 Å². The Kier molecular flexibility index (Phi) is 11.8. The second-order valence-electron chi connectivity index (χ2n) is 8.55. The van der Waals surface area contributed by atoms with E-state index in [0.29, 0.717) is 30.4 Å². The van der Waals surface area contributed by atoms with Gasteiger partial charge in [-0.05, 0) is 84.8 Å². The maximum atomic E-state index is 11.4. The zero-order valence-electron chi connectivity index (χ0n) is 20.0. The summed E-state index contributed by atoms with van der Waals surface area (Å²) in [6.45, 7) is 8.01. The molecule has 0 atom stereocenters. The van der Waals surface area contributed by atoms with Gasteiger partial charge in [-0.2, -0.15) is 0 Å². The number of carbonyl (C=O) groups is 2. The molecule has 0 heterocycles. The predicted octanol–water partition coefficient (Wildman–Crippen LogP) is 6.55. The molecule has 6 heteroatoms. The Hall–Kier alpha value is -3.28. The Morgan fingerprint density at radius 2 is 1.36 bits per heavy atom. The van der Waals surface area contributed by atoms with Crippen LogP contribution in [0.3, 0.4) is 0 Å². The molecule has 0 spiro atoms. The molecule has 33 heavy (non-hydrogen) atoms. The van der Waals surface area contributed by atoms with Crippen molar-refractivity contribution in [1.29, 1.82) is 0 Å². The number of aromatic carboxylic acids is 1. The zero-order chi connectivity index (χ0) is 25.0. The van der Waals surface area contributed by atoms with E-state index in [1.807, 2.05) is 45.9 Å². The van der Waals surface area contributed by atoms with Gasteiger partial charge in [0, 0.05) is 11.1 Å². The van der Waals surface area contributed by atoms with Gasteiger partial charge in [0.05, 0.1) is 5.56 Å². The predicted molar refractivity (Wildman–Crippen MR) is 131 cm³/mol. The van der Waals surface area contributed by atoms with E-state index in [9.17, 15) is 24.9 Å². The topological polar surface area (TPSA) is 115 Å². The summed E-state index contributed by atoms with van der Waals surface area (Å²) in [7, 11) is 0. The van der Waals surface area contributed by atoms with Gasteiger partial charge in [-0.15, -0.1) is 0 Å². The molecule has 0 bridgehead atoms. The van der Waals surface area contributed by atoms with E-state index in [1.54, 1.807) is 0 Å². The van der Waals surface area contributed by atoms with Crippen LogP contribution in [-0.4, -0.2) is 32.4 Å². The molecule has 180 valence electrons. The Morgan fingerprint density at radius 1 is 0.788 bits per heavy atom. The van der Waals surface area contributed by atoms with Crippen LogP contribution in [0, 0.1) is 0 Å². The molecule has 0 unspecified atom stereocenters. The molecule has 0 fully saturated rings. The van der Waals surface area contributed by atoms with Gasteiger partial charge >= 0.3 is 11.9 Å². The van der Waals surface area contributed by atoms with Crippen LogP contribution in [0.2, 0.25) is 0 Å². The molecule has 4 N–H and O–H groups in total. The summed E-state index contributed by atoms with van der Waals surface area (Å²) in [6, 6.07) is 2.40. The molecule has 1 rings (SSSR count). The van der Waals surface area contributed by atoms with Crippen LogP contribution in [0.15, 0.2) is 58.7 Å². The molecule has 6 nitrogen and oxygen atoms in total. The molecule has 0 radical (unpaired) electrons. The third-order valence-electron chi connectivity index (χ3n) is 5.29. The maximum Gasteiger partial charge on any atom is 0.335 e. The number of phenols is 2.